The third-order valence-electron chi connectivity index (χ3n) is 4.00. The smallest absolute Gasteiger partial charge is 0.196 e. The first-order valence-electron chi connectivity index (χ1n) is 8.08. The lowest BCUT2D eigenvalue weighted by Crippen LogP contribution is -2.01. The number of imidazole rings is 1. The second-order valence-electron chi connectivity index (χ2n) is 5.73. The number of nitrogens with zero attached hydrogens (tertiary/aromatic N) is 5. The Morgan fingerprint density at radius 1 is 1.00 bits per heavy atom. The van der Waals surface area contributed by atoms with Gasteiger partial charge in [-0.3, -0.25) is 4.57 Å². The van der Waals surface area contributed by atoms with E-state index in [1.165, 1.54) is 12.1 Å². The van der Waals surface area contributed by atoms with E-state index in [1.807, 2.05) is 52.7 Å². The third-order valence-corrected chi connectivity index (χ3v) is 4.93. The zero-order valence-electron chi connectivity index (χ0n) is 14.1. The van der Waals surface area contributed by atoms with Crippen LogP contribution in [-0.2, 0) is 12.8 Å². The van der Waals surface area contributed by atoms with Crippen LogP contribution in [0.1, 0.15) is 5.82 Å². The van der Waals surface area contributed by atoms with Crippen LogP contribution >= 0.6 is 11.8 Å². The molecule has 0 amide bonds. The van der Waals surface area contributed by atoms with Crippen LogP contribution in [0.15, 0.2) is 72.1 Å². The van der Waals surface area contributed by atoms with Gasteiger partial charge >= 0.3 is 0 Å². The molecule has 0 fully saturated rings. The summed E-state index contributed by atoms with van der Waals surface area (Å²) < 4.78 is 17.3. The van der Waals surface area contributed by atoms with E-state index in [-0.39, 0.29) is 5.82 Å². The summed E-state index contributed by atoms with van der Waals surface area (Å²) in [7, 11) is 1.96. The fraction of sp³-hybridized carbons (Fsp3) is 0.105. The molecule has 4 rings (SSSR count). The number of halogens is 1. The molecule has 2 aromatic heterocycles. The molecule has 0 radical (unpaired) electrons. The lowest BCUT2D eigenvalue weighted by atomic mass is 10.2. The molecule has 2 aromatic carbocycles. The Morgan fingerprint density at radius 3 is 2.46 bits per heavy atom. The third kappa shape index (κ3) is 3.25. The van der Waals surface area contributed by atoms with Gasteiger partial charge in [-0.05, 0) is 24.3 Å². The number of hydrogen-bond acceptors (Lipinski definition) is 4. The fourth-order valence-corrected chi connectivity index (χ4v) is 3.58. The number of benzene rings is 2. The van der Waals surface area contributed by atoms with Crippen molar-refractivity contribution in [1.29, 1.82) is 0 Å². The highest BCUT2D eigenvalue weighted by Crippen LogP contribution is 2.29. The standard InChI is InChI=1S/C19H16FN5S/c1-24-12-11-21-17(24)13-26-19-23-22-18(14-5-3-2-4-6-14)25(19)16-9-7-15(20)8-10-16/h2-12H,13H2,1H3. The van der Waals surface area contributed by atoms with E-state index < -0.39 is 0 Å². The topological polar surface area (TPSA) is 48.5 Å². The quantitative estimate of drug-likeness (QED) is 0.500. The fourth-order valence-electron chi connectivity index (χ4n) is 2.63. The molecule has 2 heterocycles. The van der Waals surface area contributed by atoms with Crippen molar-refractivity contribution < 1.29 is 4.39 Å². The maximum atomic E-state index is 13.4. The molecule has 4 aromatic rings. The molecule has 7 heteroatoms. The molecule has 130 valence electrons. The Balaban J connectivity index is 1.75. The van der Waals surface area contributed by atoms with Gasteiger partial charge in [-0.2, -0.15) is 0 Å². The van der Waals surface area contributed by atoms with Gasteiger partial charge in [0.1, 0.15) is 11.6 Å². The highest BCUT2D eigenvalue weighted by molar-refractivity contribution is 7.98. The Kier molecular flexibility index (Phi) is 4.53. The van der Waals surface area contributed by atoms with E-state index in [1.54, 1.807) is 30.1 Å². The normalized spacial score (nSPS) is 11.0. The Morgan fingerprint density at radius 2 is 1.77 bits per heavy atom. The van der Waals surface area contributed by atoms with E-state index >= 15 is 0 Å². The average molecular weight is 365 g/mol. The van der Waals surface area contributed by atoms with Gasteiger partial charge in [0.05, 0.1) is 5.75 Å². The molecular formula is C19H16FN5S. The number of aromatic nitrogens is 5. The predicted octanol–water partition coefficient (Wildman–Crippen LogP) is 4.10. The largest absolute Gasteiger partial charge is 0.337 e. The predicted molar refractivity (Wildman–Crippen MR) is 99.5 cm³/mol. The second-order valence-corrected chi connectivity index (χ2v) is 6.67. The van der Waals surface area contributed by atoms with Crippen molar-refractivity contribution in [2.75, 3.05) is 0 Å². The molecule has 0 bridgehead atoms. The van der Waals surface area contributed by atoms with Crippen LogP contribution in [0.5, 0.6) is 0 Å². The van der Waals surface area contributed by atoms with Gasteiger partial charge in [-0.15, -0.1) is 10.2 Å². The van der Waals surface area contributed by atoms with E-state index in [4.69, 9.17) is 0 Å². The summed E-state index contributed by atoms with van der Waals surface area (Å²) in [5.41, 5.74) is 1.77. The minimum absolute atomic E-state index is 0.273. The van der Waals surface area contributed by atoms with Crippen LogP contribution in [0.3, 0.4) is 0 Å². The molecular weight excluding hydrogens is 349 g/mol. The Hall–Kier alpha value is -2.93. The molecule has 0 saturated carbocycles. The summed E-state index contributed by atoms with van der Waals surface area (Å²) >= 11 is 1.55. The average Bonchev–Trinajstić information content (AvgIpc) is 3.27. The summed E-state index contributed by atoms with van der Waals surface area (Å²) in [4.78, 5) is 4.34. The maximum Gasteiger partial charge on any atom is 0.196 e. The molecule has 5 nitrogen and oxygen atoms in total. The molecule has 0 aliphatic heterocycles. The van der Waals surface area contributed by atoms with Crippen LogP contribution < -0.4 is 0 Å². The Labute approximate surface area is 154 Å². The van der Waals surface area contributed by atoms with Gasteiger partial charge in [0.25, 0.3) is 0 Å². The van der Waals surface area contributed by atoms with E-state index in [2.05, 4.69) is 15.2 Å². The summed E-state index contributed by atoms with van der Waals surface area (Å²) in [6.45, 7) is 0. The van der Waals surface area contributed by atoms with Gasteiger partial charge in [0, 0.05) is 30.7 Å². The molecule has 0 atom stereocenters. The van der Waals surface area contributed by atoms with Gasteiger partial charge in [-0.25, -0.2) is 9.37 Å². The summed E-state index contributed by atoms with van der Waals surface area (Å²) in [6, 6.07) is 16.2. The van der Waals surface area contributed by atoms with Crippen LogP contribution in [0.4, 0.5) is 4.39 Å². The number of thioether (sulfide) groups is 1. The van der Waals surface area contributed by atoms with Crippen molar-refractivity contribution in [3.8, 4) is 17.1 Å². The van der Waals surface area contributed by atoms with Crippen molar-refractivity contribution in [2.24, 2.45) is 7.05 Å². The highest BCUT2D eigenvalue weighted by Gasteiger charge is 2.16. The van der Waals surface area contributed by atoms with Gasteiger partial charge < -0.3 is 4.57 Å². The van der Waals surface area contributed by atoms with E-state index in [9.17, 15) is 4.39 Å². The second kappa shape index (κ2) is 7.13. The zero-order chi connectivity index (χ0) is 17.9. The molecule has 0 saturated heterocycles. The highest BCUT2D eigenvalue weighted by atomic mass is 32.2. The van der Waals surface area contributed by atoms with Crippen molar-refractivity contribution in [3.05, 3.63) is 78.6 Å². The van der Waals surface area contributed by atoms with Crippen LogP contribution in [0, 0.1) is 5.82 Å². The van der Waals surface area contributed by atoms with Crippen molar-refractivity contribution >= 4 is 11.8 Å². The maximum absolute atomic E-state index is 13.4. The monoisotopic (exact) mass is 365 g/mol. The van der Waals surface area contributed by atoms with Gasteiger partial charge in [0.15, 0.2) is 11.0 Å². The summed E-state index contributed by atoms with van der Waals surface area (Å²) in [5.74, 6) is 2.06. The van der Waals surface area contributed by atoms with E-state index in [0.717, 1.165) is 28.1 Å². The van der Waals surface area contributed by atoms with Crippen molar-refractivity contribution in [3.63, 3.8) is 0 Å². The zero-order valence-corrected chi connectivity index (χ0v) is 14.9. The SMILES string of the molecule is Cn1ccnc1CSc1nnc(-c2ccccc2)n1-c1ccc(F)cc1. The minimum atomic E-state index is -0.273. The summed E-state index contributed by atoms with van der Waals surface area (Å²) in [6.07, 6.45) is 3.69. The lowest BCUT2D eigenvalue weighted by Gasteiger charge is -2.10. The first kappa shape index (κ1) is 16.5. The molecule has 0 N–H and O–H groups in total. The molecule has 26 heavy (non-hydrogen) atoms. The molecule has 0 spiro atoms. The molecule has 0 aliphatic carbocycles. The van der Waals surface area contributed by atoms with Crippen molar-refractivity contribution in [1.82, 2.24) is 24.3 Å². The summed E-state index contributed by atoms with van der Waals surface area (Å²) in [5, 5.41) is 9.48. The first-order chi connectivity index (χ1) is 12.7. The number of hydrogen-bond donors (Lipinski definition) is 0. The van der Waals surface area contributed by atoms with Crippen LogP contribution in [0.25, 0.3) is 17.1 Å². The molecule has 0 unspecified atom stereocenters. The lowest BCUT2D eigenvalue weighted by molar-refractivity contribution is 0.627. The van der Waals surface area contributed by atoms with E-state index in [0.29, 0.717) is 5.75 Å². The van der Waals surface area contributed by atoms with Crippen molar-refractivity contribution in [2.45, 2.75) is 10.9 Å². The van der Waals surface area contributed by atoms with Crippen LogP contribution in [-0.4, -0.2) is 24.3 Å². The van der Waals surface area contributed by atoms with Crippen LogP contribution in [0.2, 0.25) is 0 Å². The molecule has 0 aliphatic rings. The van der Waals surface area contributed by atoms with Gasteiger partial charge in [0.2, 0.25) is 0 Å². The van der Waals surface area contributed by atoms with Gasteiger partial charge in [-0.1, -0.05) is 42.1 Å². The number of aryl methyl sites for hydroxylation is 1. The number of rotatable bonds is 5. The Bertz CT molecular complexity index is 1010. The minimum Gasteiger partial charge on any atom is -0.337 e. The first-order valence-corrected chi connectivity index (χ1v) is 9.07.